The fourth-order valence-electron chi connectivity index (χ4n) is 1.98. The highest BCUT2D eigenvalue weighted by molar-refractivity contribution is 7.94. The number of halogens is 2. The predicted octanol–water partition coefficient (Wildman–Crippen LogP) is -0.215. The van der Waals surface area contributed by atoms with Crippen LogP contribution in [0, 0.1) is 0 Å². The van der Waals surface area contributed by atoms with E-state index in [2.05, 4.69) is 4.72 Å². The van der Waals surface area contributed by atoms with Gasteiger partial charge >= 0.3 is 6.03 Å². The Hall–Kier alpha value is -1.84. The van der Waals surface area contributed by atoms with Crippen LogP contribution >= 0.6 is 23.2 Å². The summed E-state index contributed by atoms with van der Waals surface area (Å²) in [6.07, 6.45) is 0. The maximum atomic E-state index is 12.5. The van der Waals surface area contributed by atoms with Crippen molar-refractivity contribution >= 4 is 56.7 Å². The van der Waals surface area contributed by atoms with E-state index in [0.717, 1.165) is 4.90 Å². The van der Waals surface area contributed by atoms with Crippen molar-refractivity contribution in [1.82, 2.24) is 9.80 Å². The van der Waals surface area contributed by atoms with Gasteiger partial charge in [0.25, 0.3) is 27.0 Å². The molecule has 0 aliphatic carbocycles. The van der Waals surface area contributed by atoms with Crippen molar-refractivity contribution in [1.29, 1.82) is 0 Å². The van der Waals surface area contributed by atoms with Crippen LogP contribution in [0.1, 0.15) is 0 Å². The fraction of sp³-hybridized carbons (Fsp3) is 0.250. The third-order valence-corrected chi connectivity index (χ3v) is 5.60. The number of rotatable bonds is 3. The Bertz CT molecular complexity index is 787. The molecule has 0 saturated carbocycles. The van der Waals surface area contributed by atoms with Gasteiger partial charge in [-0.25, -0.2) is 18.1 Å². The van der Waals surface area contributed by atoms with Gasteiger partial charge in [0.15, 0.2) is 0 Å². The largest absolute Gasteiger partial charge is 0.417 e. The minimum atomic E-state index is -4.25. The zero-order valence-corrected chi connectivity index (χ0v) is 14.4. The van der Waals surface area contributed by atoms with Crippen molar-refractivity contribution in [3.05, 3.63) is 28.2 Å². The Balaban J connectivity index is 2.38. The Labute approximate surface area is 142 Å². The molecule has 0 aromatic heterocycles. The Morgan fingerprint density at radius 3 is 2.30 bits per heavy atom. The predicted molar refractivity (Wildman–Crippen MR) is 85.7 cm³/mol. The van der Waals surface area contributed by atoms with E-state index >= 15 is 0 Å². The lowest BCUT2D eigenvalue weighted by atomic mass is 10.2. The number of imide groups is 1. The summed E-state index contributed by atoms with van der Waals surface area (Å²) >= 11 is 11.6. The van der Waals surface area contributed by atoms with E-state index in [1.807, 2.05) is 0 Å². The summed E-state index contributed by atoms with van der Waals surface area (Å²) in [5.41, 5.74) is 0.113. The quantitative estimate of drug-likeness (QED) is 0.755. The molecule has 124 valence electrons. The van der Waals surface area contributed by atoms with Crippen LogP contribution in [0.2, 0.25) is 10.0 Å². The Morgan fingerprint density at radius 2 is 1.74 bits per heavy atom. The molecule has 3 amide bonds. The summed E-state index contributed by atoms with van der Waals surface area (Å²) in [5.74, 6) is -1.33. The molecule has 8 nitrogen and oxygen atoms in total. The van der Waals surface area contributed by atoms with Crippen LogP contribution in [-0.4, -0.2) is 55.3 Å². The van der Waals surface area contributed by atoms with Gasteiger partial charge in [0.2, 0.25) is 0 Å². The first-order chi connectivity index (χ1) is 10.6. The second kappa shape index (κ2) is 5.99. The van der Waals surface area contributed by atoms with Gasteiger partial charge in [-0.05, 0) is 18.2 Å². The van der Waals surface area contributed by atoms with Gasteiger partial charge in [-0.2, -0.15) is 4.90 Å². The Kier molecular flexibility index (Phi) is 4.56. The SMILES string of the molecule is CN1C(=[NH2+])C(S(=O)(=O)Nc2ccc(Cl)c(Cl)c2)C(=O)N(C)C1=O. The second-order valence-electron chi connectivity index (χ2n) is 4.82. The van der Waals surface area contributed by atoms with Crippen LogP contribution in [0.3, 0.4) is 0 Å². The van der Waals surface area contributed by atoms with Crippen LogP contribution in [0.15, 0.2) is 18.2 Å². The van der Waals surface area contributed by atoms with E-state index in [4.69, 9.17) is 28.6 Å². The molecule has 23 heavy (non-hydrogen) atoms. The molecule has 1 aromatic carbocycles. The molecule has 0 bridgehead atoms. The van der Waals surface area contributed by atoms with Crippen molar-refractivity contribution < 1.29 is 23.4 Å². The number of nitrogens with zero attached hydrogens (tertiary/aromatic N) is 2. The molecule has 1 atom stereocenters. The van der Waals surface area contributed by atoms with Crippen molar-refractivity contribution in [3.8, 4) is 0 Å². The first-order valence-corrected chi connectivity index (χ1v) is 8.50. The number of sulfonamides is 1. The molecule has 1 fully saturated rings. The third kappa shape index (κ3) is 3.12. The highest BCUT2D eigenvalue weighted by atomic mass is 35.5. The number of hydrogen-bond acceptors (Lipinski definition) is 4. The zero-order chi connectivity index (χ0) is 17.5. The van der Waals surface area contributed by atoms with Crippen molar-refractivity contribution in [2.75, 3.05) is 18.8 Å². The standard InChI is InChI=1S/C12H12Cl2N4O4S/c1-17-10(15)9(11(19)18(2)12(17)20)23(21,22)16-6-3-4-7(13)8(14)5-6/h3-5,9,15-16H,1-2H3/p+1. The lowest BCUT2D eigenvalue weighted by Crippen LogP contribution is -2.70. The molecular weight excluding hydrogens is 367 g/mol. The van der Waals surface area contributed by atoms with Gasteiger partial charge in [-0.15, -0.1) is 0 Å². The average molecular weight is 380 g/mol. The lowest BCUT2D eigenvalue weighted by Gasteiger charge is -2.29. The van der Waals surface area contributed by atoms with E-state index in [1.54, 1.807) is 0 Å². The number of benzene rings is 1. The summed E-state index contributed by atoms with van der Waals surface area (Å²) in [5, 5.41) is 4.33. The number of nitrogens with one attached hydrogen (secondary N) is 1. The number of amides is 3. The van der Waals surface area contributed by atoms with Crippen LogP contribution in [0.4, 0.5) is 10.5 Å². The van der Waals surface area contributed by atoms with Crippen molar-refractivity contribution in [3.63, 3.8) is 0 Å². The maximum absolute atomic E-state index is 12.5. The van der Waals surface area contributed by atoms with Gasteiger partial charge in [-0.3, -0.25) is 14.9 Å². The average Bonchev–Trinajstić information content (AvgIpc) is 2.46. The lowest BCUT2D eigenvalue weighted by molar-refractivity contribution is -0.140. The molecule has 1 unspecified atom stereocenters. The third-order valence-electron chi connectivity index (χ3n) is 3.27. The minimum Gasteiger partial charge on any atom is -0.289 e. The summed E-state index contributed by atoms with van der Waals surface area (Å²) in [7, 11) is -1.80. The maximum Gasteiger partial charge on any atom is 0.417 e. The highest BCUT2D eigenvalue weighted by Crippen LogP contribution is 2.26. The van der Waals surface area contributed by atoms with Crippen molar-refractivity contribution in [2.45, 2.75) is 5.25 Å². The fourth-order valence-corrected chi connectivity index (χ4v) is 3.75. The number of anilines is 1. The first-order valence-electron chi connectivity index (χ1n) is 6.20. The van der Waals surface area contributed by atoms with Crippen LogP contribution in [0.25, 0.3) is 0 Å². The first kappa shape index (κ1) is 17.5. The zero-order valence-electron chi connectivity index (χ0n) is 12.1. The number of carbonyl (C=O) groups is 2. The second-order valence-corrected chi connectivity index (χ2v) is 7.40. The van der Waals surface area contributed by atoms with Crippen molar-refractivity contribution in [2.24, 2.45) is 0 Å². The Morgan fingerprint density at radius 1 is 1.13 bits per heavy atom. The van der Waals surface area contributed by atoms with Gasteiger partial charge in [0.05, 0.1) is 22.8 Å². The normalized spacial score (nSPS) is 19.3. The number of carbonyl (C=O) groups excluding carboxylic acids is 2. The van der Waals surface area contributed by atoms with E-state index in [-0.39, 0.29) is 21.6 Å². The summed E-state index contributed by atoms with van der Waals surface area (Å²) in [4.78, 5) is 25.5. The number of hydrogen-bond donors (Lipinski definition) is 2. The monoisotopic (exact) mass is 379 g/mol. The molecule has 11 heteroatoms. The van der Waals surface area contributed by atoms with E-state index < -0.39 is 27.2 Å². The molecular formula is C12H13Cl2N4O4S+. The number of nitrogens with two attached hydrogens (primary N) is 1. The van der Waals surface area contributed by atoms with Gasteiger partial charge in [0, 0.05) is 7.05 Å². The van der Waals surface area contributed by atoms with Crippen LogP contribution in [0.5, 0.6) is 0 Å². The van der Waals surface area contributed by atoms with E-state index in [1.165, 1.54) is 32.3 Å². The van der Waals surface area contributed by atoms with E-state index in [9.17, 15) is 18.0 Å². The molecule has 2 rings (SSSR count). The molecule has 1 heterocycles. The number of amidine groups is 1. The topological polar surface area (TPSA) is 112 Å². The smallest absolute Gasteiger partial charge is 0.289 e. The highest BCUT2D eigenvalue weighted by Gasteiger charge is 2.52. The molecule has 1 aliphatic rings. The molecule has 1 saturated heterocycles. The number of urea groups is 1. The molecule has 3 N–H and O–H groups in total. The molecule has 0 spiro atoms. The molecule has 0 radical (unpaired) electrons. The summed E-state index contributed by atoms with van der Waals surface area (Å²) < 4.78 is 27.2. The van der Waals surface area contributed by atoms with E-state index in [0.29, 0.717) is 4.90 Å². The molecule has 1 aliphatic heterocycles. The minimum absolute atomic E-state index is 0.113. The van der Waals surface area contributed by atoms with Gasteiger partial charge in [0.1, 0.15) is 0 Å². The van der Waals surface area contributed by atoms with Crippen LogP contribution < -0.4 is 10.1 Å². The molecule has 1 aromatic rings. The van der Waals surface area contributed by atoms with Gasteiger partial charge in [-0.1, -0.05) is 23.2 Å². The summed E-state index contributed by atoms with van der Waals surface area (Å²) in [6, 6.07) is 3.37. The van der Waals surface area contributed by atoms with Gasteiger partial charge < -0.3 is 0 Å². The van der Waals surface area contributed by atoms with Crippen LogP contribution in [-0.2, 0) is 14.8 Å². The summed E-state index contributed by atoms with van der Waals surface area (Å²) in [6.45, 7) is 0.